The maximum atomic E-state index is 3.61. The molecule has 0 amide bonds. The summed E-state index contributed by atoms with van der Waals surface area (Å²) in [6.45, 7) is 5.74. The van der Waals surface area contributed by atoms with Gasteiger partial charge >= 0.3 is 0 Å². The molecule has 2 rings (SSSR count). The first-order valence-corrected chi connectivity index (χ1v) is 6.43. The summed E-state index contributed by atoms with van der Waals surface area (Å²) in [6, 6.07) is 8.74. The molecular weight excluding hydrogens is 250 g/mol. The van der Waals surface area contributed by atoms with Crippen LogP contribution < -0.4 is 5.32 Å². The third-order valence-electron chi connectivity index (χ3n) is 3.17. The highest BCUT2D eigenvalue weighted by molar-refractivity contribution is 9.10. The predicted octanol–water partition coefficient (Wildman–Crippen LogP) is 3.68. The van der Waals surface area contributed by atoms with Crippen LogP contribution >= 0.6 is 15.9 Å². The standard InChI is InChI=1S/C13H18BrN/c1-10(2)9-13(7-8-15-13)11-3-5-12(14)6-4-11/h3-6,10,15H,7-9H2,1-2H3. The van der Waals surface area contributed by atoms with Crippen LogP contribution in [0.5, 0.6) is 0 Å². The fourth-order valence-electron chi connectivity index (χ4n) is 2.43. The summed E-state index contributed by atoms with van der Waals surface area (Å²) >= 11 is 3.48. The first-order valence-electron chi connectivity index (χ1n) is 5.63. The zero-order chi connectivity index (χ0) is 10.9. The highest BCUT2D eigenvalue weighted by Crippen LogP contribution is 2.37. The second-order valence-corrected chi connectivity index (χ2v) is 5.78. The number of halogens is 1. The molecule has 1 aromatic carbocycles. The summed E-state index contributed by atoms with van der Waals surface area (Å²) in [5.41, 5.74) is 1.69. The Bertz CT molecular complexity index is 325. The molecule has 15 heavy (non-hydrogen) atoms. The monoisotopic (exact) mass is 267 g/mol. The van der Waals surface area contributed by atoms with Gasteiger partial charge in [-0.25, -0.2) is 0 Å². The molecule has 0 aromatic heterocycles. The fourth-order valence-corrected chi connectivity index (χ4v) is 2.70. The molecule has 82 valence electrons. The van der Waals surface area contributed by atoms with Crippen molar-refractivity contribution < 1.29 is 0 Å². The van der Waals surface area contributed by atoms with Crippen LogP contribution in [-0.4, -0.2) is 6.54 Å². The van der Waals surface area contributed by atoms with Crippen LogP contribution in [0.2, 0.25) is 0 Å². The first kappa shape index (κ1) is 11.2. The lowest BCUT2D eigenvalue weighted by Crippen LogP contribution is -2.54. The number of nitrogens with one attached hydrogen (secondary N) is 1. The van der Waals surface area contributed by atoms with Crippen LogP contribution in [0.3, 0.4) is 0 Å². The van der Waals surface area contributed by atoms with Gasteiger partial charge in [0.05, 0.1) is 0 Å². The lowest BCUT2D eigenvalue weighted by atomic mass is 9.75. The zero-order valence-corrected chi connectivity index (χ0v) is 11.0. The van der Waals surface area contributed by atoms with Crippen LogP contribution in [0.1, 0.15) is 32.3 Å². The van der Waals surface area contributed by atoms with Gasteiger partial charge in [0.2, 0.25) is 0 Å². The van der Waals surface area contributed by atoms with E-state index in [-0.39, 0.29) is 5.54 Å². The number of hydrogen-bond donors (Lipinski definition) is 1. The van der Waals surface area contributed by atoms with Gasteiger partial charge in [-0.2, -0.15) is 0 Å². The van der Waals surface area contributed by atoms with E-state index in [4.69, 9.17) is 0 Å². The Morgan fingerprint density at radius 1 is 1.33 bits per heavy atom. The number of hydrogen-bond acceptors (Lipinski definition) is 1. The molecule has 1 aliphatic heterocycles. The molecule has 1 nitrogen and oxygen atoms in total. The maximum Gasteiger partial charge on any atom is 0.0449 e. The molecule has 1 fully saturated rings. The summed E-state index contributed by atoms with van der Waals surface area (Å²) < 4.78 is 1.16. The van der Waals surface area contributed by atoms with Gasteiger partial charge in [-0.1, -0.05) is 41.9 Å². The van der Waals surface area contributed by atoms with Crippen molar-refractivity contribution >= 4 is 15.9 Å². The van der Waals surface area contributed by atoms with Gasteiger partial charge in [0.1, 0.15) is 0 Å². The number of benzene rings is 1. The molecule has 0 spiro atoms. The normalized spacial score (nSPS) is 25.3. The molecule has 1 heterocycles. The van der Waals surface area contributed by atoms with Gasteiger partial charge in [0.25, 0.3) is 0 Å². The SMILES string of the molecule is CC(C)CC1(c2ccc(Br)cc2)CCN1. The lowest BCUT2D eigenvalue weighted by molar-refractivity contribution is 0.170. The van der Waals surface area contributed by atoms with E-state index in [1.165, 1.54) is 18.4 Å². The summed E-state index contributed by atoms with van der Waals surface area (Å²) in [5, 5.41) is 3.61. The number of rotatable bonds is 3. The Kier molecular flexibility index (Phi) is 3.17. The van der Waals surface area contributed by atoms with Crippen molar-refractivity contribution in [2.45, 2.75) is 32.2 Å². The minimum absolute atomic E-state index is 0.259. The van der Waals surface area contributed by atoms with E-state index in [1.54, 1.807) is 0 Å². The maximum absolute atomic E-state index is 3.61. The molecule has 1 aliphatic rings. The van der Waals surface area contributed by atoms with Crippen molar-refractivity contribution in [3.8, 4) is 0 Å². The van der Waals surface area contributed by atoms with Gasteiger partial charge in [0.15, 0.2) is 0 Å². The van der Waals surface area contributed by atoms with Crippen molar-refractivity contribution in [3.05, 3.63) is 34.3 Å². The third kappa shape index (κ3) is 2.26. The average molecular weight is 268 g/mol. The van der Waals surface area contributed by atoms with Crippen molar-refractivity contribution in [1.82, 2.24) is 5.32 Å². The van der Waals surface area contributed by atoms with Crippen LogP contribution in [0.4, 0.5) is 0 Å². The van der Waals surface area contributed by atoms with Crippen LogP contribution in [0, 0.1) is 5.92 Å². The van der Waals surface area contributed by atoms with E-state index in [9.17, 15) is 0 Å². The summed E-state index contributed by atoms with van der Waals surface area (Å²) in [6.07, 6.45) is 2.50. The van der Waals surface area contributed by atoms with Crippen LogP contribution in [0.25, 0.3) is 0 Å². The average Bonchev–Trinajstić information content (AvgIpc) is 2.13. The summed E-state index contributed by atoms with van der Waals surface area (Å²) in [4.78, 5) is 0. The van der Waals surface area contributed by atoms with Gasteiger partial charge < -0.3 is 5.32 Å². The zero-order valence-electron chi connectivity index (χ0n) is 9.39. The van der Waals surface area contributed by atoms with E-state index in [0.29, 0.717) is 0 Å². The third-order valence-corrected chi connectivity index (χ3v) is 3.70. The van der Waals surface area contributed by atoms with Crippen LogP contribution in [-0.2, 0) is 5.54 Å². The van der Waals surface area contributed by atoms with E-state index in [2.05, 4.69) is 59.4 Å². The molecule has 0 aliphatic carbocycles. The molecule has 1 N–H and O–H groups in total. The summed E-state index contributed by atoms with van der Waals surface area (Å²) in [5.74, 6) is 0.737. The molecule has 1 saturated heterocycles. The molecule has 0 radical (unpaired) electrons. The predicted molar refractivity (Wildman–Crippen MR) is 67.9 cm³/mol. The van der Waals surface area contributed by atoms with Gasteiger partial charge in [-0.3, -0.25) is 0 Å². The first-order chi connectivity index (χ1) is 7.12. The fraction of sp³-hybridized carbons (Fsp3) is 0.538. The van der Waals surface area contributed by atoms with E-state index in [1.807, 2.05) is 0 Å². The smallest absolute Gasteiger partial charge is 0.0449 e. The lowest BCUT2D eigenvalue weighted by Gasteiger charge is -2.45. The minimum atomic E-state index is 0.259. The molecule has 0 saturated carbocycles. The van der Waals surface area contributed by atoms with Gasteiger partial charge in [0, 0.05) is 10.0 Å². The largest absolute Gasteiger partial charge is 0.307 e. The van der Waals surface area contributed by atoms with Crippen molar-refractivity contribution in [2.24, 2.45) is 5.92 Å². The molecule has 1 aromatic rings. The van der Waals surface area contributed by atoms with Crippen molar-refractivity contribution in [3.63, 3.8) is 0 Å². The second kappa shape index (κ2) is 4.26. The highest BCUT2D eigenvalue weighted by atomic mass is 79.9. The van der Waals surface area contributed by atoms with Gasteiger partial charge in [-0.05, 0) is 43.0 Å². The Morgan fingerprint density at radius 3 is 2.33 bits per heavy atom. The molecule has 1 unspecified atom stereocenters. The van der Waals surface area contributed by atoms with Gasteiger partial charge in [-0.15, -0.1) is 0 Å². The van der Waals surface area contributed by atoms with Crippen molar-refractivity contribution in [2.75, 3.05) is 6.54 Å². The Morgan fingerprint density at radius 2 is 1.93 bits per heavy atom. The van der Waals surface area contributed by atoms with Crippen molar-refractivity contribution in [1.29, 1.82) is 0 Å². The van der Waals surface area contributed by atoms with E-state index >= 15 is 0 Å². The Balaban J connectivity index is 2.22. The van der Waals surface area contributed by atoms with E-state index in [0.717, 1.165) is 16.9 Å². The molecular formula is C13H18BrN. The molecule has 0 bridgehead atoms. The molecule has 2 heteroatoms. The molecule has 1 atom stereocenters. The van der Waals surface area contributed by atoms with Crippen LogP contribution in [0.15, 0.2) is 28.7 Å². The topological polar surface area (TPSA) is 12.0 Å². The minimum Gasteiger partial charge on any atom is -0.307 e. The Hall–Kier alpha value is -0.340. The highest BCUT2D eigenvalue weighted by Gasteiger charge is 2.38. The Labute approximate surface area is 100 Å². The summed E-state index contributed by atoms with van der Waals surface area (Å²) in [7, 11) is 0. The quantitative estimate of drug-likeness (QED) is 0.881. The van der Waals surface area contributed by atoms with E-state index < -0.39 is 0 Å². The second-order valence-electron chi connectivity index (χ2n) is 4.86.